The molecule has 16 rings (SSSR count). The molecule has 1 spiro atoms. The van der Waals surface area contributed by atoms with Gasteiger partial charge in [0.15, 0.2) is 0 Å². The van der Waals surface area contributed by atoms with Crippen molar-refractivity contribution in [3.63, 3.8) is 0 Å². The van der Waals surface area contributed by atoms with E-state index in [1.54, 1.807) is 0 Å². The van der Waals surface area contributed by atoms with Gasteiger partial charge < -0.3 is 9.47 Å². The second-order valence-corrected chi connectivity index (χ2v) is 19.8. The van der Waals surface area contributed by atoms with Gasteiger partial charge in [0.25, 0.3) is 0 Å². The number of rotatable bonds is 6. The Bertz CT molecular complexity index is 4750. The fraction of sp³-hybridized carbons (Fsp3) is 0.0278. The Kier molecular flexibility index (Phi) is 7.45. The smallest absolute Gasteiger partial charge is 0.0726 e. The molecule has 0 N–H and O–H groups in total. The largest absolute Gasteiger partial charge is 0.310 e. The second kappa shape index (κ2) is 15.5. The van der Waals surface area contributed by atoms with Crippen LogP contribution in [0.5, 0.6) is 0 Å². The van der Waals surface area contributed by atoms with E-state index in [0.717, 1.165) is 94.6 Å². The van der Waals surface area contributed by atoms with Crippen molar-refractivity contribution < 1.29 is 8.22 Å². The SMILES string of the molecule is [2H]c1c([2H])c2c3c(c([2H])c([2H])c([2H])c3c1[2H])C1(c3ccccc3-c3c(N(c4ccc5c(c4)C(c4ccccc4)(c4ccccc4)c4ccccc4-5)c4ccc5c(c4)c4ccccc4n5-c4ccccc4)cccc31)c1ccccc1-2. The highest BCUT2D eigenvalue weighted by atomic mass is 15.1. The lowest BCUT2D eigenvalue weighted by Gasteiger charge is -2.40. The van der Waals surface area contributed by atoms with E-state index in [1.807, 2.05) is 24.3 Å². The highest BCUT2D eigenvalue weighted by molar-refractivity contribution is 6.12. The van der Waals surface area contributed by atoms with Gasteiger partial charge in [0, 0.05) is 33.4 Å². The zero-order chi connectivity index (χ0) is 53.8. The Hall–Kier alpha value is -9.50. The maximum absolute atomic E-state index is 10.1. The lowest BCUT2D eigenvalue weighted by molar-refractivity contribution is 0.768. The van der Waals surface area contributed by atoms with Gasteiger partial charge in [-0.3, -0.25) is 0 Å². The van der Waals surface area contributed by atoms with Crippen molar-refractivity contribution in [2.75, 3.05) is 4.90 Å². The number of hydrogen-bond donors (Lipinski definition) is 0. The summed E-state index contributed by atoms with van der Waals surface area (Å²) >= 11 is 0. The summed E-state index contributed by atoms with van der Waals surface area (Å²) in [5.74, 6) is 0. The first-order valence-corrected chi connectivity index (χ1v) is 25.4. The average molecular weight is 945 g/mol. The lowest BCUT2D eigenvalue weighted by atomic mass is 9.61. The summed E-state index contributed by atoms with van der Waals surface area (Å²) in [7, 11) is 0. The van der Waals surface area contributed by atoms with E-state index >= 15 is 0 Å². The summed E-state index contributed by atoms with van der Waals surface area (Å²) in [6, 6.07) is 84.9. The molecule has 12 aromatic carbocycles. The van der Waals surface area contributed by atoms with Gasteiger partial charge in [0.05, 0.1) is 35.8 Å². The standard InChI is InChI=1S/C72H46N2/c1-4-23-48(24-5-1)71(49-25-6-2-7-26-49)60-34-14-10-29-53(60)55-43-41-52(46-65(55)71)73(51-42-44-67-59(45-51)56-31-13-17-39-66(56)74(67)50-27-8-3-9-28-50)68-40-20-38-64-70(68)58-32-12-16-36-62(58)72(64)61-35-15-11-30-54(61)57-33-18-21-47-22-19-37-63(72)69(47)57/h1-46H/i18D,19D,21D,22D,33D,37D. The minimum absolute atomic E-state index is 0.122. The molecule has 0 saturated heterocycles. The average Bonchev–Trinajstić information content (AvgIpc) is 2.82. The number of aromatic nitrogens is 1. The predicted octanol–water partition coefficient (Wildman–Crippen LogP) is 18.1. The quantitative estimate of drug-likeness (QED) is 0.161. The molecule has 3 aliphatic carbocycles. The molecular formula is C72H46N2. The van der Waals surface area contributed by atoms with Crippen LogP contribution < -0.4 is 4.90 Å². The molecule has 0 aliphatic heterocycles. The predicted molar refractivity (Wildman–Crippen MR) is 307 cm³/mol. The first-order valence-electron chi connectivity index (χ1n) is 28.4. The van der Waals surface area contributed by atoms with Crippen LogP contribution in [0.2, 0.25) is 0 Å². The highest BCUT2D eigenvalue weighted by Crippen LogP contribution is 2.64. The third-order valence-corrected chi connectivity index (χ3v) is 16.4. The fourth-order valence-corrected chi connectivity index (χ4v) is 13.6. The summed E-state index contributed by atoms with van der Waals surface area (Å²) in [6.45, 7) is 0. The molecule has 0 fully saturated rings. The number of benzene rings is 12. The molecule has 2 heteroatoms. The molecule has 1 unspecified atom stereocenters. The van der Waals surface area contributed by atoms with E-state index in [0.29, 0.717) is 22.1 Å². The summed E-state index contributed by atoms with van der Waals surface area (Å²) in [6.07, 6.45) is 0. The summed E-state index contributed by atoms with van der Waals surface area (Å²) in [4.78, 5) is 2.41. The highest BCUT2D eigenvalue weighted by Gasteiger charge is 2.51. The van der Waals surface area contributed by atoms with Crippen molar-refractivity contribution in [2.45, 2.75) is 10.8 Å². The van der Waals surface area contributed by atoms with Crippen LogP contribution >= 0.6 is 0 Å². The third-order valence-electron chi connectivity index (χ3n) is 16.4. The molecular weight excluding hydrogens is 893 g/mol. The molecule has 0 amide bonds. The van der Waals surface area contributed by atoms with Gasteiger partial charge in [-0.2, -0.15) is 0 Å². The van der Waals surface area contributed by atoms with Gasteiger partial charge in [-0.05, 0) is 138 Å². The molecule has 0 bridgehead atoms. The van der Waals surface area contributed by atoms with Crippen molar-refractivity contribution in [3.8, 4) is 39.1 Å². The van der Waals surface area contributed by atoms with Crippen LogP contribution in [0.4, 0.5) is 17.1 Å². The molecule has 74 heavy (non-hydrogen) atoms. The van der Waals surface area contributed by atoms with E-state index in [-0.39, 0.29) is 41.6 Å². The van der Waals surface area contributed by atoms with E-state index in [9.17, 15) is 6.85 Å². The molecule has 1 aromatic heterocycles. The first-order chi connectivity index (χ1) is 39.2. The number of fused-ring (bicyclic) bond motifs is 15. The van der Waals surface area contributed by atoms with E-state index in [2.05, 4.69) is 228 Å². The minimum atomic E-state index is -1.24. The van der Waals surface area contributed by atoms with Gasteiger partial charge in [-0.1, -0.05) is 224 Å². The van der Waals surface area contributed by atoms with E-state index < -0.39 is 10.8 Å². The monoisotopic (exact) mass is 944 g/mol. The van der Waals surface area contributed by atoms with Crippen LogP contribution in [0, 0.1) is 0 Å². The molecule has 13 aromatic rings. The Morgan fingerprint density at radius 3 is 1.64 bits per heavy atom. The molecule has 0 saturated carbocycles. The molecule has 2 nitrogen and oxygen atoms in total. The topological polar surface area (TPSA) is 8.17 Å². The summed E-state index contributed by atoms with van der Waals surface area (Å²) in [5.41, 5.74) is 17.2. The number of anilines is 3. The van der Waals surface area contributed by atoms with Gasteiger partial charge >= 0.3 is 0 Å². The van der Waals surface area contributed by atoms with Crippen LogP contribution in [0.1, 0.15) is 52.7 Å². The molecule has 0 radical (unpaired) electrons. The minimum Gasteiger partial charge on any atom is -0.310 e. The van der Waals surface area contributed by atoms with Crippen LogP contribution in [0.25, 0.3) is 71.6 Å². The lowest BCUT2D eigenvalue weighted by Crippen LogP contribution is -2.31. The fourth-order valence-electron chi connectivity index (χ4n) is 13.6. The van der Waals surface area contributed by atoms with Crippen molar-refractivity contribution in [1.29, 1.82) is 0 Å². The van der Waals surface area contributed by atoms with Crippen LogP contribution in [-0.2, 0) is 10.8 Å². The van der Waals surface area contributed by atoms with Crippen molar-refractivity contribution in [1.82, 2.24) is 4.57 Å². The van der Waals surface area contributed by atoms with Crippen molar-refractivity contribution in [3.05, 3.63) is 323 Å². The summed E-state index contributed by atoms with van der Waals surface area (Å²) < 4.78 is 59.2. The van der Waals surface area contributed by atoms with Crippen LogP contribution in [0.3, 0.4) is 0 Å². The van der Waals surface area contributed by atoms with Crippen molar-refractivity contribution >= 4 is 49.6 Å². The van der Waals surface area contributed by atoms with Crippen LogP contribution in [-0.4, -0.2) is 4.57 Å². The molecule has 344 valence electrons. The van der Waals surface area contributed by atoms with Gasteiger partial charge in [0.2, 0.25) is 0 Å². The van der Waals surface area contributed by atoms with E-state index in [4.69, 9.17) is 1.37 Å². The van der Waals surface area contributed by atoms with Gasteiger partial charge in [-0.25, -0.2) is 0 Å². The maximum Gasteiger partial charge on any atom is 0.0726 e. The number of hydrogen-bond acceptors (Lipinski definition) is 1. The summed E-state index contributed by atoms with van der Waals surface area (Å²) in [5, 5.41) is 2.76. The Labute approximate surface area is 438 Å². The third kappa shape index (κ3) is 5.33. The maximum atomic E-state index is 10.1. The zero-order valence-corrected chi connectivity index (χ0v) is 40.0. The molecule has 1 heterocycles. The first kappa shape index (κ1) is 35.6. The van der Waals surface area contributed by atoms with Gasteiger partial charge in [-0.15, -0.1) is 0 Å². The second-order valence-electron chi connectivity index (χ2n) is 19.8. The van der Waals surface area contributed by atoms with Gasteiger partial charge in [0.1, 0.15) is 0 Å². The molecule has 1 atom stereocenters. The number of para-hydroxylation sites is 2. The molecule has 3 aliphatic rings. The van der Waals surface area contributed by atoms with Crippen molar-refractivity contribution in [2.24, 2.45) is 0 Å². The Balaban J connectivity index is 1.04. The van der Waals surface area contributed by atoms with E-state index in [1.165, 1.54) is 11.1 Å². The van der Waals surface area contributed by atoms with Crippen LogP contribution in [0.15, 0.2) is 279 Å². The zero-order valence-electron chi connectivity index (χ0n) is 46.0. The number of nitrogens with zero attached hydrogens (tertiary/aromatic N) is 2. The normalized spacial score (nSPS) is 16.3. The Morgan fingerprint density at radius 2 is 0.892 bits per heavy atom. The Morgan fingerprint density at radius 1 is 0.351 bits per heavy atom.